The van der Waals surface area contributed by atoms with Crippen LogP contribution in [0.4, 0.5) is 8.78 Å². The third-order valence-electron chi connectivity index (χ3n) is 3.89. The first-order valence-electron chi connectivity index (χ1n) is 7.67. The summed E-state index contributed by atoms with van der Waals surface area (Å²) in [5.41, 5.74) is -0.0519. The topological polar surface area (TPSA) is 69.6 Å². The zero-order chi connectivity index (χ0) is 16.9. The number of hydrogen-bond acceptors (Lipinski definition) is 4. The van der Waals surface area contributed by atoms with E-state index in [9.17, 15) is 22.3 Å². The molecule has 0 aliphatic carbocycles. The Morgan fingerprint density at radius 1 is 1.26 bits per heavy atom. The second-order valence-corrected chi connectivity index (χ2v) is 7.62. The van der Waals surface area contributed by atoms with Gasteiger partial charge in [0.05, 0.1) is 11.9 Å². The lowest BCUT2D eigenvalue weighted by molar-refractivity contribution is 0.0823. The smallest absolute Gasteiger partial charge is 0.215 e. The summed E-state index contributed by atoms with van der Waals surface area (Å²) >= 11 is 0. The number of rotatable bonds is 7. The maximum atomic E-state index is 13.5. The monoisotopic (exact) mass is 348 g/mol. The highest BCUT2D eigenvalue weighted by atomic mass is 32.2. The van der Waals surface area contributed by atoms with Gasteiger partial charge in [0.15, 0.2) is 0 Å². The van der Waals surface area contributed by atoms with E-state index in [-0.39, 0.29) is 18.2 Å². The second kappa shape index (κ2) is 8.14. The molecule has 2 N–H and O–H groups in total. The van der Waals surface area contributed by atoms with Gasteiger partial charge in [-0.3, -0.25) is 0 Å². The summed E-state index contributed by atoms with van der Waals surface area (Å²) in [4.78, 5) is 2.18. The van der Waals surface area contributed by atoms with Crippen LogP contribution in [-0.2, 0) is 15.8 Å². The van der Waals surface area contributed by atoms with Gasteiger partial charge in [-0.05, 0) is 31.9 Å². The van der Waals surface area contributed by atoms with Gasteiger partial charge in [0.1, 0.15) is 11.6 Å². The minimum absolute atomic E-state index is 0.0519. The van der Waals surface area contributed by atoms with Gasteiger partial charge in [-0.2, -0.15) is 0 Å². The number of benzene rings is 1. The summed E-state index contributed by atoms with van der Waals surface area (Å²) in [5, 5.41) is 9.41. The van der Waals surface area contributed by atoms with E-state index in [1.165, 1.54) is 0 Å². The summed E-state index contributed by atoms with van der Waals surface area (Å²) in [7, 11) is -3.65. The first-order valence-corrected chi connectivity index (χ1v) is 9.32. The summed E-state index contributed by atoms with van der Waals surface area (Å²) in [6.07, 6.45) is 1.90. The summed E-state index contributed by atoms with van der Waals surface area (Å²) in [5.74, 6) is -2.10. The Labute approximate surface area is 135 Å². The summed E-state index contributed by atoms with van der Waals surface area (Å²) < 4.78 is 52.5. The van der Waals surface area contributed by atoms with Crippen molar-refractivity contribution in [3.63, 3.8) is 0 Å². The van der Waals surface area contributed by atoms with Crippen molar-refractivity contribution in [3.8, 4) is 0 Å². The van der Waals surface area contributed by atoms with Crippen molar-refractivity contribution in [1.82, 2.24) is 9.62 Å². The van der Waals surface area contributed by atoms with E-state index < -0.39 is 27.4 Å². The standard InChI is InChI=1S/C15H22F2N2O3S/c16-13-3-2-12(15(17)10-13)11-23(21,22)18-6-1-7-19-8-4-14(20)5-9-19/h2-3,10,14,18,20H,1,4-9,11H2. The lowest BCUT2D eigenvalue weighted by atomic mass is 10.1. The van der Waals surface area contributed by atoms with Gasteiger partial charge >= 0.3 is 0 Å². The third-order valence-corrected chi connectivity index (χ3v) is 5.23. The zero-order valence-corrected chi connectivity index (χ0v) is 13.7. The van der Waals surface area contributed by atoms with Crippen molar-refractivity contribution in [2.75, 3.05) is 26.2 Å². The number of piperidine rings is 1. The molecule has 0 atom stereocenters. The molecule has 0 bridgehead atoms. The molecule has 23 heavy (non-hydrogen) atoms. The molecule has 0 amide bonds. The van der Waals surface area contributed by atoms with E-state index in [0.29, 0.717) is 12.5 Å². The van der Waals surface area contributed by atoms with Crippen molar-refractivity contribution in [2.45, 2.75) is 31.1 Å². The van der Waals surface area contributed by atoms with Crippen molar-refractivity contribution >= 4 is 10.0 Å². The fraction of sp³-hybridized carbons (Fsp3) is 0.600. The van der Waals surface area contributed by atoms with E-state index >= 15 is 0 Å². The van der Waals surface area contributed by atoms with Crippen LogP contribution in [0.5, 0.6) is 0 Å². The summed E-state index contributed by atoms with van der Waals surface area (Å²) in [6, 6.07) is 2.86. The van der Waals surface area contributed by atoms with Gasteiger partial charge in [-0.15, -0.1) is 0 Å². The van der Waals surface area contributed by atoms with Gasteiger partial charge < -0.3 is 10.0 Å². The van der Waals surface area contributed by atoms with Gasteiger partial charge in [-0.1, -0.05) is 6.07 Å². The minimum Gasteiger partial charge on any atom is -0.393 e. The van der Waals surface area contributed by atoms with Crippen LogP contribution in [0.2, 0.25) is 0 Å². The molecule has 0 spiro atoms. The molecule has 0 saturated carbocycles. The number of likely N-dealkylation sites (tertiary alicyclic amines) is 1. The normalized spacial score (nSPS) is 17.5. The van der Waals surface area contributed by atoms with Gasteiger partial charge in [0.2, 0.25) is 10.0 Å². The number of aliphatic hydroxyl groups excluding tert-OH is 1. The summed E-state index contributed by atoms with van der Waals surface area (Å²) in [6.45, 7) is 2.65. The van der Waals surface area contributed by atoms with E-state index in [1.54, 1.807) is 0 Å². The van der Waals surface area contributed by atoms with E-state index in [4.69, 9.17) is 0 Å². The van der Waals surface area contributed by atoms with Crippen LogP contribution in [0.15, 0.2) is 18.2 Å². The quantitative estimate of drug-likeness (QED) is 0.727. The SMILES string of the molecule is O=S(=O)(Cc1ccc(F)cc1F)NCCCN1CCC(O)CC1. The molecule has 1 aliphatic rings. The number of nitrogens with one attached hydrogen (secondary N) is 1. The van der Waals surface area contributed by atoms with Crippen LogP contribution in [0.3, 0.4) is 0 Å². The lowest BCUT2D eigenvalue weighted by Crippen LogP contribution is -2.37. The molecule has 8 heteroatoms. The molecule has 1 heterocycles. The molecule has 1 fully saturated rings. The van der Waals surface area contributed by atoms with Crippen LogP contribution in [0.1, 0.15) is 24.8 Å². The third kappa shape index (κ3) is 6.14. The van der Waals surface area contributed by atoms with Crippen molar-refractivity contribution in [2.24, 2.45) is 0 Å². The molecule has 0 aromatic heterocycles. The minimum atomic E-state index is -3.65. The molecule has 0 radical (unpaired) electrons. The Hall–Kier alpha value is -1.09. The maximum absolute atomic E-state index is 13.5. The molecule has 2 rings (SSSR count). The fourth-order valence-corrected chi connectivity index (χ4v) is 3.77. The lowest BCUT2D eigenvalue weighted by Gasteiger charge is -2.29. The average Bonchev–Trinajstić information content (AvgIpc) is 2.48. The Kier molecular flexibility index (Phi) is 6.46. The van der Waals surface area contributed by atoms with Crippen molar-refractivity contribution in [3.05, 3.63) is 35.4 Å². The molecular formula is C15H22F2N2O3S. The molecule has 5 nitrogen and oxygen atoms in total. The average molecular weight is 348 g/mol. The molecule has 0 unspecified atom stereocenters. The van der Waals surface area contributed by atoms with Crippen LogP contribution in [0, 0.1) is 11.6 Å². The van der Waals surface area contributed by atoms with Crippen LogP contribution >= 0.6 is 0 Å². The van der Waals surface area contributed by atoms with E-state index in [0.717, 1.165) is 44.6 Å². The van der Waals surface area contributed by atoms with Crippen LogP contribution < -0.4 is 4.72 Å². The molecule has 130 valence electrons. The van der Waals surface area contributed by atoms with Crippen LogP contribution in [-0.4, -0.2) is 50.7 Å². The van der Waals surface area contributed by atoms with E-state index in [2.05, 4.69) is 9.62 Å². The van der Waals surface area contributed by atoms with Gasteiger partial charge in [0.25, 0.3) is 0 Å². The molecule has 1 saturated heterocycles. The Morgan fingerprint density at radius 2 is 1.96 bits per heavy atom. The number of aliphatic hydroxyl groups is 1. The first-order chi connectivity index (χ1) is 10.9. The number of sulfonamides is 1. The predicted molar refractivity (Wildman–Crippen MR) is 83.3 cm³/mol. The second-order valence-electron chi connectivity index (χ2n) is 5.82. The van der Waals surface area contributed by atoms with Crippen molar-refractivity contribution < 1.29 is 22.3 Å². The van der Waals surface area contributed by atoms with Gasteiger partial charge in [-0.25, -0.2) is 21.9 Å². The van der Waals surface area contributed by atoms with Crippen LogP contribution in [0.25, 0.3) is 0 Å². The van der Waals surface area contributed by atoms with Crippen molar-refractivity contribution in [1.29, 1.82) is 0 Å². The first kappa shape index (κ1) is 18.3. The molecule has 1 aliphatic heterocycles. The highest BCUT2D eigenvalue weighted by Gasteiger charge is 2.17. The highest BCUT2D eigenvalue weighted by Crippen LogP contribution is 2.13. The molecule has 1 aromatic rings. The zero-order valence-electron chi connectivity index (χ0n) is 12.8. The predicted octanol–water partition coefficient (Wildman–Crippen LogP) is 1.23. The molecule has 1 aromatic carbocycles. The van der Waals surface area contributed by atoms with Gasteiger partial charge in [0, 0.05) is 31.3 Å². The Balaban J connectivity index is 1.73. The Morgan fingerprint density at radius 3 is 2.61 bits per heavy atom. The molecular weight excluding hydrogens is 326 g/mol. The number of halogens is 2. The largest absolute Gasteiger partial charge is 0.393 e. The number of nitrogens with zero attached hydrogens (tertiary/aromatic N) is 1. The fourth-order valence-electron chi connectivity index (χ4n) is 2.57. The highest BCUT2D eigenvalue weighted by molar-refractivity contribution is 7.88. The van der Waals surface area contributed by atoms with E-state index in [1.807, 2.05) is 0 Å². The maximum Gasteiger partial charge on any atom is 0.215 e. The Bertz CT molecular complexity index is 617. The number of hydrogen-bond donors (Lipinski definition) is 2.